The Labute approximate surface area is 184 Å². The second-order valence-electron chi connectivity index (χ2n) is 5.76. The molecule has 0 aliphatic rings. The molecule has 0 fully saturated rings. The van der Waals surface area contributed by atoms with Crippen molar-refractivity contribution < 1.29 is 14.2 Å². The van der Waals surface area contributed by atoms with E-state index in [4.69, 9.17) is 14.2 Å². The van der Waals surface area contributed by atoms with Crippen LogP contribution in [0.3, 0.4) is 0 Å². The van der Waals surface area contributed by atoms with Crippen LogP contribution in [0, 0.1) is 0 Å². The predicted molar refractivity (Wildman–Crippen MR) is 124 cm³/mol. The van der Waals surface area contributed by atoms with Crippen molar-refractivity contribution in [2.75, 3.05) is 33.9 Å². The molecule has 0 bridgehead atoms. The van der Waals surface area contributed by atoms with Gasteiger partial charge in [-0.1, -0.05) is 36.4 Å². The molecule has 0 spiro atoms. The van der Waals surface area contributed by atoms with Crippen molar-refractivity contribution in [1.29, 1.82) is 0 Å². The zero-order valence-electron chi connectivity index (χ0n) is 16.7. The molecule has 0 aliphatic carbocycles. The Morgan fingerprint density at radius 3 is 2.32 bits per heavy atom. The average molecular weight is 499 g/mol. The van der Waals surface area contributed by atoms with E-state index in [2.05, 4.69) is 15.6 Å². The van der Waals surface area contributed by atoms with Gasteiger partial charge >= 0.3 is 0 Å². The first-order valence-electron chi connectivity index (χ1n) is 9.13. The molecule has 6 nitrogen and oxygen atoms in total. The van der Waals surface area contributed by atoms with Gasteiger partial charge in [-0.25, -0.2) is 0 Å². The Hall–Kier alpha value is -2.00. The van der Waals surface area contributed by atoms with Crippen LogP contribution in [-0.4, -0.2) is 39.9 Å². The van der Waals surface area contributed by atoms with E-state index in [1.807, 2.05) is 55.5 Å². The summed E-state index contributed by atoms with van der Waals surface area (Å²) in [6.45, 7) is 5.00. The van der Waals surface area contributed by atoms with E-state index in [9.17, 15) is 0 Å². The number of guanidine groups is 1. The van der Waals surface area contributed by atoms with E-state index in [0.29, 0.717) is 32.9 Å². The zero-order chi connectivity index (χ0) is 19.3. The fourth-order valence-electron chi connectivity index (χ4n) is 2.59. The molecule has 0 saturated carbocycles. The molecular formula is C21H30IN3O3. The molecule has 0 aliphatic heterocycles. The SMILES string of the molecule is CCOc1ccccc1CNC(=NC)NCCOCc1ccccc1OC.I. The average Bonchev–Trinajstić information content (AvgIpc) is 2.71. The van der Waals surface area contributed by atoms with Gasteiger partial charge in [-0.05, 0) is 19.1 Å². The Balaban J connectivity index is 0.00000392. The van der Waals surface area contributed by atoms with Gasteiger partial charge in [0.15, 0.2) is 5.96 Å². The molecule has 2 rings (SSSR count). The van der Waals surface area contributed by atoms with E-state index >= 15 is 0 Å². The lowest BCUT2D eigenvalue weighted by molar-refractivity contribution is 0.123. The quantitative estimate of drug-likeness (QED) is 0.227. The van der Waals surface area contributed by atoms with Crippen LogP contribution in [0.4, 0.5) is 0 Å². The van der Waals surface area contributed by atoms with Gasteiger partial charge in [0.25, 0.3) is 0 Å². The maximum Gasteiger partial charge on any atom is 0.191 e. The fourth-order valence-corrected chi connectivity index (χ4v) is 2.59. The van der Waals surface area contributed by atoms with E-state index in [1.54, 1.807) is 14.2 Å². The molecule has 2 aromatic rings. The highest BCUT2D eigenvalue weighted by Crippen LogP contribution is 2.18. The Bertz CT molecular complexity index is 726. The van der Waals surface area contributed by atoms with Crippen molar-refractivity contribution in [2.45, 2.75) is 20.1 Å². The second-order valence-corrected chi connectivity index (χ2v) is 5.76. The molecule has 0 unspecified atom stereocenters. The third-order valence-corrected chi connectivity index (χ3v) is 3.93. The number of para-hydroxylation sites is 2. The normalized spacial score (nSPS) is 10.8. The molecule has 0 saturated heterocycles. The Kier molecular flexibility index (Phi) is 12.1. The van der Waals surface area contributed by atoms with Gasteiger partial charge in [0, 0.05) is 31.3 Å². The van der Waals surface area contributed by atoms with Crippen LogP contribution in [-0.2, 0) is 17.9 Å². The third kappa shape index (κ3) is 7.93. The van der Waals surface area contributed by atoms with E-state index < -0.39 is 0 Å². The minimum atomic E-state index is 0. The van der Waals surface area contributed by atoms with E-state index in [0.717, 1.165) is 28.6 Å². The van der Waals surface area contributed by atoms with Gasteiger partial charge in [-0.2, -0.15) is 0 Å². The number of nitrogens with zero attached hydrogens (tertiary/aromatic N) is 1. The number of benzene rings is 2. The number of ether oxygens (including phenoxy) is 3. The number of aliphatic imine (C=N–C) groups is 1. The maximum atomic E-state index is 5.73. The lowest BCUT2D eigenvalue weighted by Gasteiger charge is -2.14. The molecular weight excluding hydrogens is 469 g/mol. The van der Waals surface area contributed by atoms with Crippen molar-refractivity contribution in [3.8, 4) is 11.5 Å². The van der Waals surface area contributed by atoms with Gasteiger partial charge in [-0.15, -0.1) is 24.0 Å². The largest absolute Gasteiger partial charge is 0.496 e. The molecule has 0 heterocycles. The summed E-state index contributed by atoms with van der Waals surface area (Å²) in [6.07, 6.45) is 0. The first-order chi connectivity index (χ1) is 13.3. The summed E-state index contributed by atoms with van der Waals surface area (Å²) in [7, 11) is 3.42. The number of nitrogens with one attached hydrogen (secondary N) is 2. The summed E-state index contributed by atoms with van der Waals surface area (Å²) in [5.74, 6) is 2.46. The molecule has 0 aromatic heterocycles. The van der Waals surface area contributed by atoms with Crippen molar-refractivity contribution in [3.63, 3.8) is 0 Å². The minimum Gasteiger partial charge on any atom is -0.496 e. The minimum absolute atomic E-state index is 0. The number of halogens is 1. The van der Waals surface area contributed by atoms with Crippen LogP contribution >= 0.6 is 24.0 Å². The lowest BCUT2D eigenvalue weighted by Crippen LogP contribution is -2.38. The number of methoxy groups -OCH3 is 1. The number of hydrogen-bond acceptors (Lipinski definition) is 4. The van der Waals surface area contributed by atoms with Crippen LogP contribution in [0.5, 0.6) is 11.5 Å². The maximum absolute atomic E-state index is 5.73. The third-order valence-electron chi connectivity index (χ3n) is 3.93. The van der Waals surface area contributed by atoms with Crippen LogP contribution in [0.2, 0.25) is 0 Å². The smallest absolute Gasteiger partial charge is 0.191 e. The fraction of sp³-hybridized carbons (Fsp3) is 0.381. The molecule has 28 heavy (non-hydrogen) atoms. The summed E-state index contributed by atoms with van der Waals surface area (Å²) >= 11 is 0. The topological polar surface area (TPSA) is 64.1 Å². The molecule has 154 valence electrons. The van der Waals surface area contributed by atoms with Crippen molar-refractivity contribution in [3.05, 3.63) is 59.7 Å². The highest BCUT2D eigenvalue weighted by Gasteiger charge is 2.04. The Morgan fingerprint density at radius 1 is 0.964 bits per heavy atom. The van der Waals surface area contributed by atoms with Crippen molar-refractivity contribution >= 4 is 29.9 Å². The Morgan fingerprint density at radius 2 is 1.64 bits per heavy atom. The highest BCUT2D eigenvalue weighted by atomic mass is 127. The van der Waals surface area contributed by atoms with Crippen LogP contribution in [0.15, 0.2) is 53.5 Å². The molecule has 0 radical (unpaired) electrons. The predicted octanol–water partition coefficient (Wildman–Crippen LogP) is 3.59. The van der Waals surface area contributed by atoms with Crippen LogP contribution in [0.25, 0.3) is 0 Å². The van der Waals surface area contributed by atoms with Crippen molar-refractivity contribution in [2.24, 2.45) is 4.99 Å². The standard InChI is InChI=1S/C21H29N3O3.HI/c1-4-27-20-12-8-5-9-17(20)15-24-21(22-2)23-13-14-26-16-18-10-6-7-11-19(18)25-3;/h5-12H,4,13-16H2,1-3H3,(H2,22,23,24);1H. The van der Waals surface area contributed by atoms with Gasteiger partial charge in [0.2, 0.25) is 0 Å². The number of rotatable bonds is 10. The molecule has 2 N–H and O–H groups in total. The second kappa shape index (κ2) is 14.1. The van der Waals surface area contributed by atoms with Gasteiger partial charge in [-0.3, -0.25) is 4.99 Å². The summed E-state index contributed by atoms with van der Waals surface area (Å²) in [4.78, 5) is 4.24. The molecule has 7 heteroatoms. The molecule has 0 amide bonds. The summed E-state index contributed by atoms with van der Waals surface area (Å²) in [5, 5.41) is 6.54. The highest BCUT2D eigenvalue weighted by molar-refractivity contribution is 14.0. The van der Waals surface area contributed by atoms with Crippen molar-refractivity contribution in [1.82, 2.24) is 10.6 Å². The first kappa shape index (κ1) is 24.0. The molecule has 0 atom stereocenters. The molecule has 2 aromatic carbocycles. The van der Waals surface area contributed by atoms with Crippen LogP contribution in [0.1, 0.15) is 18.1 Å². The lowest BCUT2D eigenvalue weighted by atomic mass is 10.2. The van der Waals surface area contributed by atoms with Gasteiger partial charge in [0.1, 0.15) is 11.5 Å². The van der Waals surface area contributed by atoms with E-state index in [-0.39, 0.29) is 24.0 Å². The van der Waals surface area contributed by atoms with E-state index in [1.165, 1.54) is 0 Å². The van der Waals surface area contributed by atoms with Gasteiger partial charge in [0.05, 0.1) is 26.9 Å². The van der Waals surface area contributed by atoms with Gasteiger partial charge < -0.3 is 24.8 Å². The number of hydrogen-bond donors (Lipinski definition) is 2. The summed E-state index contributed by atoms with van der Waals surface area (Å²) in [6, 6.07) is 15.9. The monoisotopic (exact) mass is 499 g/mol. The first-order valence-corrected chi connectivity index (χ1v) is 9.13. The van der Waals surface area contributed by atoms with Crippen LogP contribution < -0.4 is 20.1 Å². The summed E-state index contributed by atoms with van der Waals surface area (Å²) < 4.78 is 16.7. The zero-order valence-corrected chi connectivity index (χ0v) is 19.1. The summed E-state index contributed by atoms with van der Waals surface area (Å²) in [5.41, 5.74) is 2.13.